The van der Waals surface area contributed by atoms with Gasteiger partial charge in [0.25, 0.3) is 5.88 Å². The Kier molecular flexibility index (Phi) is 6.06. The van der Waals surface area contributed by atoms with E-state index in [4.69, 9.17) is 14.2 Å². The SMILES string of the molecule is Cc1ccc(O[C@H]2CCN(C(C)c3nc4c(cc3F)OCCO4)C2)cn1.S. The highest BCUT2D eigenvalue weighted by molar-refractivity contribution is 7.59. The van der Waals surface area contributed by atoms with E-state index in [0.29, 0.717) is 37.1 Å². The number of likely N-dealkylation sites (tertiary alicyclic amines) is 1. The topological polar surface area (TPSA) is 56.7 Å². The zero-order chi connectivity index (χ0) is 18.1. The highest BCUT2D eigenvalue weighted by Gasteiger charge is 2.31. The number of hydrogen-bond acceptors (Lipinski definition) is 6. The van der Waals surface area contributed by atoms with E-state index in [1.54, 1.807) is 6.20 Å². The zero-order valence-corrected chi connectivity index (χ0v) is 16.4. The molecule has 2 aromatic rings. The van der Waals surface area contributed by atoms with Gasteiger partial charge < -0.3 is 14.2 Å². The van der Waals surface area contributed by atoms with Crippen LogP contribution in [-0.4, -0.2) is 47.3 Å². The van der Waals surface area contributed by atoms with E-state index in [1.165, 1.54) is 6.07 Å². The molecule has 0 saturated carbocycles. The Morgan fingerprint density at radius 2 is 2.11 bits per heavy atom. The van der Waals surface area contributed by atoms with Crippen LogP contribution in [-0.2, 0) is 0 Å². The van der Waals surface area contributed by atoms with Crippen LogP contribution in [0.1, 0.15) is 30.8 Å². The summed E-state index contributed by atoms with van der Waals surface area (Å²) >= 11 is 0. The molecule has 0 aromatic carbocycles. The molecule has 0 aliphatic carbocycles. The van der Waals surface area contributed by atoms with Crippen LogP contribution in [0.15, 0.2) is 24.4 Å². The van der Waals surface area contributed by atoms with Gasteiger partial charge in [-0.1, -0.05) is 0 Å². The summed E-state index contributed by atoms with van der Waals surface area (Å²) in [6.45, 7) is 6.28. The van der Waals surface area contributed by atoms with Gasteiger partial charge in [-0.05, 0) is 32.4 Å². The normalized spacial score (nSPS) is 20.0. The number of halogens is 1. The predicted molar refractivity (Wildman–Crippen MR) is 104 cm³/mol. The Hall–Kier alpha value is -2.06. The number of aromatic nitrogens is 2. The summed E-state index contributed by atoms with van der Waals surface area (Å²) in [5, 5.41) is 0. The van der Waals surface area contributed by atoms with Crippen molar-refractivity contribution >= 4 is 13.5 Å². The van der Waals surface area contributed by atoms with Gasteiger partial charge >= 0.3 is 0 Å². The van der Waals surface area contributed by atoms with Crippen LogP contribution < -0.4 is 14.2 Å². The molecule has 146 valence electrons. The maximum absolute atomic E-state index is 14.5. The summed E-state index contributed by atoms with van der Waals surface area (Å²) in [5.41, 5.74) is 1.34. The second-order valence-electron chi connectivity index (χ2n) is 6.69. The molecule has 2 aliphatic heterocycles. The van der Waals surface area contributed by atoms with Crippen molar-refractivity contribution in [1.29, 1.82) is 0 Å². The monoisotopic (exact) mass is 393 g/mol. The molecule has 1 fully saturated rings. The molecule has 0 radical (unpaired) electrons. The van der Waals surface area contributed by atoms with Gasteiger partial charge in [0.1, 0.15) is 30.9 Å². The van der Waals surface area contributed by atoms with Crippen molar-refractivity contribution in [3.8, 4) is 17.4 Å². The highest BCUT2D eigenvalue weighted by atomic mass is 32.1. The molecule has 6 nitrogen and oxygen atoms in total. The third-order valence-corrected chi connectivity index (χ3v) is 4.82. The van der Waals surface area contributed by atoms with Gasteiger partial charge in [0.2, 0.25) is 0 Å². The van der Waals surface area contributed by atoms with Crippen LogP contribution >= 0.6 is 13.5 Å². The Balaban J connectivity index is 0.00000210. The minimum Gasteiger partial charge on any atom is -0.487 e. The number of aryl methyl sites for hydroxylation is 1. The van der Waals surface area contributed by atoms with Crippen LogP contribution in [0.4, 0.5) is 4.39 Å². The van der Waals surface area contributed by atoms with Gasteiger partial charge in [-0.25, -0.2) is 9.37 Å². The minimum atomic E-state index is -0.367. The molecule has 4 rings (SSSR count). The highest BCUT2D eigenvalue weighted by Crippen LogP contribution is 2.34. The van der Waals surface area contributed by atoms with E-state index in [0.717, 1.165) is 24.4 Å². The van der Waals surface area contributed by atoms with E-state index in [1.807, 2.05) is 26.0 Å². The van der Waals surface area contributed by atoms with Crippen LogP contribution in [0.3, 0.4) is 0 Å². The smallest absolute Gasteiger partial charge is 0.257 e. The molecule has 8 heteroatoms. The molecule has 0 bridgehead atoms. The molecule has 1 unspecified atom stereocenters. The van der Waals surface area contributed by atoms with Crippen LogP contribution in [0.5, 0.6) is 17.4 Å². The van der Waals surface area contributed by atoms with Gasteiger partial charge in [0.15, 0.2) is 5.75 Å². The molecular formula is C19H24FN3O3S. The van der Waals surface area contributed by atoms with Crippen LogP contribution in [0.25, 0.3) is 0 Å². The first-order chi connectivity index (χ1) is 12.6. The minimum absolute atomic E-state index is 0. The Labute approximate surface area is 165 Å². The summed E-state index contributed by atoms with van der Waals surface area (Å²) in [4.78, 5) is 10.8. The first-order valence-electron chi connectivity index (χ1n) is 8.89. The van der Waals surface area contributed by atoms with Gasteiger partial charge in [0, 0.05) is 24.8 Å². The molecular weight excluding hydrogens is 369 g/mol. The molecule has 4 heterocycles. The van der Waals surface area contributed by atoms with Crippen molar-refractivity contribution in [2.75, 3.05) is 26.3 Å². The predicted octanol–water partition coefficient (Wildman–Crippen LogP) is 3.02. The standard InChI is InChI=1S/C19H22FN3O3.H2S/c1-12-3-4-14(10-21-12)26-15-5-6-23(11-15)13(2)18-16(20)9-17-19(22-18)25-8-7-24-17;/h3-4,9-10,13,15H,5-8,11H2,1-2H3;1H2/t13?,15-;/m0./s1. The van der Waals surface area contributed by atoms with E-state index >= 15 is 0 Å². The number of hydrogen-bond donors (Lipinski definition) is 0. The maximum Gasteiger partial charge on any atom is 0.257 e. The van der Waals surface area contributed by atoms with E-state index < -0.39 is 0 Å². The van der Waals surface area contributed by atoms with Crippen molar-refractivity contribution in [2.24, 2.45) is 0 Å². The third kappa shape index (κ3) is 4.27. The molecule has 2 aromatic heterocycles. The third-order valence-electron chi connectivity index (χ3n) is 4.82. The lowest BCUT2D eigenvalue weighted by Gasteiger charge is -2.26. The van der Waals surface area contributed by atoms with Gasteiger partial charge in [-0.15, -0.1) is 0 Å². The Morgan fingerprint density at radius 1 is 1.30 bits per heavy atom. The molecule has 0 amide bonds. The van der Waals surface area contributed by atoms with Gasteiger partial charge in [-0.3, -0.25) is 9.88 Å². The lowest BCUT2D eigenvalue weighted by molar-refractivity contribution is 0.158. The summed E-state index contributed by atoms with van der Waals surface area (Å²) in [6, 6.07) is 5.06. The molecule has 2 atom stereocenters. The summed E-state index contributed by atoms with van der Waals surface area (Å²) < 4.78 is 31.4. The number of pyridine rings is 2. The zero-order valence-electron chi connectivity index (χ0n) is 15.4. The summed E-state index contributed by atoms with van der Waals surface area (Å²) in [6.07, 6.45) is 2.68. The van der Waals surface area contributed by atoms with Crippen LogP contribution in [0.2, 0.25) is 0 Å². The number of nitrogens with zero attached hydrogens (tertiary/aromatic N) is 3. The fraction of sp³-hybridized carbons (Fsp3) is 0.474. The van der Waals surface area contributed by atoms with E-state index in [9.17, 15) is 4.39 Å². The van der Waals surface area contributed by atoms with Crippen molar-refractivity contribution in [2.45, 2.75) is 32.4 Å². The van der Waals surface area contributed by atoms with Crippen molar-refractivity contribution in [1.82, 2.24) is 14.9 Å². The Morgan fingerprint density at radius 3 is 2.89 bits per heavy atom. The molecule has 2 aliphatic rings. The molecule has 0 spiro atoms. The first-order valence-corrected chi connectivity index (χ1v) is 8.89. The average Bonchev–Trinajstić information content (AvgIpc) is 3.11. The fourth-order valence-electron chi connectivity index (χ4n) is 3.35. The quantitative estimate of drug-likeness (QED) is 0.796. The molecule has 0 N–H and O–H groups in total. The lowest BCUT2D eigenvalue weighted by Crippen LogP contribution is -2.29. The van der Waals surface area contributed by atoms with Gasteiger partial charge in [-0.2, -0.15) is 13.5 Å². The molecule has 27 heavy (non-hydrogen) atoms. The second kappa shape index (κ2) is 8.31. The van der Waals surface area contributed by atoms with Crippen molar-refractivity contribution in [3.05, 3.63) is 41.6 Å². The first kappa shape index (κ1) is 19.7. The fourth-order valence-corrected chi connectivity index (χ4v) is 3.35. The maximum atomic E-state index is 14.5. The average molecular weight is 393 g/mol. The number of ether oxygens (including phenoxy) is 3. The summed E-state index contributed by atoms with van der Waals surface area (Å²) in [7, 11) is 0. The Bertz CT molecular complexity index is 791. The van der Waals surface area contributed by atoms with Crippen molar-refractivity contribution in [3.63, 3.8) is 0 Å². The van der Waals surface area contributed by atoms with E-state index in [-0.39, 0.29) is 31.5 Å². The number of rotatable bonds is 4. The van der Waals surface area contributed by atoms with E-state index in [2.05, 4.69) is 14.9 Å². The van der Waals surface area contributed by atoms with Gasteiger partial charge in [0.05, 0.1) is 17.9 Å². The second-order valence-corrected chi connectivity index (χ2v) is 6.69. The number of fused-ring (bicyclic) bond motifs is 1. The van der Waals surface area contributed by atoms with Crippen LogP contribution in [0, 0.1) is 12.7 Å². The largest absolute Gasteiger partial charge is 0.487 e. The molecule has 1 saturated heterocycles. The lowest BCUT2D eigenvalue weighted by atomic mass is 10.1. The summed E-state index contributed by atoms with van der Waals surface area (Å²) in [5.74, 6) is 1.14. The van der Waals surface area contributed by atoms with Crippen molar-refractivity contribution < 1.29 is 18.6 Å².